The number of carbonyl (C=O) groups is 2. The lowest BCUT2D eigenvalue weighted by Gasteiger charge is -2.34. The topological polar surface area (TPSA) is 132 Å². The molecule has 2 aliphatic heterocycles. The number of nitrogens with zero attached hydrogens (tertiary/aromatic N) is 1. The number of cyclic esters (lactones) is 1. The summed E-state index contributed by atoms with van der Waals surface area (Å²) in [6.45, 7) is 10.5. The molecule has 7 atom stereocenters. The van der Waals surface area contributed by atoms with Crippen LogP contribution in [0.2, 0.25) is 0 Å². The Labute approximate surface area is 212 Å². The standard InChI is InChI=1S/C27H39NO8/c1-15-9-8-10-27(6)21(36-27)12-19(16(2)11-18-14-34-25(28-18)33-7)35-22(30)13-20(29)26(4,5)24(32)17(3)23(15)31/h8-9,11,14-15,17,19-21,23,29,31H,10,12-13H2,1-7H3/b9-8+,16-11+/t15-,17+,19-,20-,21?,23-,27?/m0/s1. The summed E-state index contributed by atoms with van der Waals surface area (Å²) in [7, 11) is 1.45. The lowest BCUT2D eigenvalue weighted by atomic mass is 9.73. The van der Waals surface area contributed by atoms with Crippen LogP contribution in [0.3, 0.4) is 0 Å². The molecular weight excluding hydrogens is 466 g/mol. The summed E-state index contributed by atoms with van der Waals surface area (Å²) in [6.07, 6.45) is 4.86. The predicted octanol–water partition coefficient (Wildman–Crippen LogP) is 3.49. The number of hydrogen-bond donors (Lipinski definition) is 2. The summed E-state index contributed by atoms with van der Waals surface area (Å²) in [5.41, 5.74) is -0.439. The zero-order valence-corrected chi connectivity index (χ0v) is 22.2. The van der Waals surface area contributed by atoms with Crippen molar-refractivity contribution in [2.45, 2.75) is 90.8 Å². The van der Waals surface area contributed by atoms with Gasteiger partial charge in [0.1, 0.15) is 23.8 Å². The first kappa shape index (κ1) is 28.1. The normalized spacial score (nSPS) is 37.1. The van der Waals surface area contributed by atoms with Crippen molar-refractivity contribution in [2.75, 3.05) is 7.11 Å². The van der Waals surface area contributed by atoms with E-state index in [1.165, 1.54) is 13.4 Å². The van der Waals surface area contributed by atoms with E-state index < -0.39 is 41.2 Å². The van der Waals surface area contributed by atoms with E-state index in [1.807, 2.05) is 32.9 Å². The molecule has 1 saturated heterocycles. The van der Waals surface area contributed by atoms with Crippen LogP contribution in [0.5, 0.6) is 6.08 Å². The van der Waals surface area contributed by atoms with Crippen LogP contribution in [0, 0.1) is 17.3 Å². The van der Waals surface area contributed by atoms with Crippen LogP contribution in [0.15, 0.2) is 28.4 Å². The van der Waals surface area contributed by atoms with E-state index in [0.29, 0.717) is 18.5 Å². The fourth-order valence-electron chi connectivity index (χ4n) is 4.66. The van der Waals surface area contributed by atoms with Crippen molar-refractivity contribution in [1.82, 2.24) is 4.98 Å². The minimum atomic E-state index is -1.28. The first-order chi connectivity index (χ1) is 16.8. The minimum Gasteiger partial charge on any atom is -0.458 e. The Balaban J connectivity index is 1.89. The summed E-state index contributed by atoms with van der Waals surface area (Å²) in [5, 5.41) is 21.6. The molecule has 1 fully saturated rings. The first-order valence-corrected chi connectivity index (χ1v) is 12.4. The van der Waals surface area contributed by atoms with Crippen LogP contribution in [0.1, 0.15) is 66.5 Å². The molecule has 1 aromatic heterocycles. The Morgan fingerprint density at radius 1 is 1.22 bits per heavy atom. The number of aliphatic hydroxyl groups excluding tert-OH is 2. The molecule has 0 spiro atoms. The van der Waals surface area contributed by atoms with Gasteiger partial charge in [0.05, 0.1) is 42.9 Å². The second kappa shape index (κ2) is 10.9. The van der Waals surface area contributed by atoms with Gasteiger partial charge >= 0.3 is 12.0 Å². The molecule has 2 N–H and O–H groups in total. The number of fused-ring (bicyclic) bond motifs is 1. The molecule has 0 amide bonds. The molecule has 9 nitrogen and oxygen atoms in total. The number of hydrogen-bond acceptors (Lipinski definition) is 9. The predicted molar refractivity (Wildman–Crippen MR) is 132 cm³/mol. The number of aliphatic hydroxyl groups is 2. The Morgan fingerprint density at radius 2 is 1.92 bits per heavy atom. The number of methoxy groups -OCH3 is 1. The SMILES string of the molecule is COc1nc(/C=C(\C)[C@@H]2CC3OC3(C)C/C=C/[C@H](C)[C@H](O)[C@@H](C)C(=O)C(C)(C)[C@@H](O)CC(=O)O2)co1. The van der Waals surface area contributed by atoms with E-state index in [1.54, 1.807) is 26.8 Å². The van der Waals surface area contributed by atoms with Crippen molar-refractivity contribution in [2.24, 2.45) is 17.3 Å². The number of esters is 1. The molecule has 0 aromatic carbocycles. The molecule has 9 heteroatoms. The van der Waals surface area contributed by atoms with Crippen LogP contribution >= 0.6 is 0 Å². The van der Waals surface area contributed by atoms with Crippen LogP contribution in [-0.2, 0) is 19.1 Å². The first-order valence-electron chi connectivity index (χ1n) is 12.4. The average Bonchev–Trinajstić information content (AvgIpc) is 3.23. The summed E-state index contributed by atoms with van der Waals surface area (Å²) in [4.78, 5) is 30.3. The van der Waals surface area contributed by atoms with E-state index in [0.717, 1.165) is 5.57 Å². The highest BCUT2D eigenvalue weighted by molar-refractivity contribution is 5.88. The molecule has 1 aromatic rings. The van der Waals surface area contributed by atoms with Gasteiger partial charge in [-0.15, -0.1) is 0 Å². The average molecular weight is 506 g/mol. The number of carbonyl (C=O) groups excluding carboxylic acids is 2. The zero-order chi connectivity index (χ0) is 26.8. The third kappa shape index (κ3) is 6.25. The molecule has 3 rings (SSSR count). The number of epoxide rings is 1. The number of aromatic nitrogens is 1. The third-order valence-corrected chi connectivity index (χ3v) is 7.55. The summed E-state index contributed by atoms with van der Waals surface area (Å²) < 4.78 is 22.0. The Bertz CT molecular complexity index is 1010. The number of oxazole rings is 1. The maximum absolute atomic E-state index is 13.2. The van der Waals surface area contributed by atoms with Gasteiger partial charge in [0.25, 0.3) is 0 Å². The number of rotatable bonds is 3. The highest BCUT2D eigenvalue weighted by Gasteiger charge is 2.52. The highest BCUT2D eigenvalue weighted by Crippen LogP contribution is 2.44. The molecule has 3 heterocycles. The maximum Gasteiger partial charge on any atom is 0.393 e. The largest absolute Gasteiger partial charge is 0.458 e. The minimum absolute atomic E-state index is 0.123. The van der Waals surface area contributed by atoms with Crippen LogP contribution in [-0.4, -0.2) is 64.1 Å². The molecular formula is C27H39NO8. The van der Waals surface area contributed by atoms with Crippen molar-refractivity contribution < 1.29 is 38.4 Å². The number of ketones is 1. The third-order valence-electron chi connectivity index (χ3n) is 7.55. The quantitative estimate of drug-likeness (QED) is 0.360. The van der Waals surface area contributed by atoms with Crippen molar-refractivity contribution in [3.63, 3.8) is 0 Å². The van der Waals surface area contributed by atoms with Gasteiger partial charge in [-0.25, -0.2) is 0 Å². The van der Waals surface area contributed by atoms with Crippen molar-refractivity contribution in [1.29, 1.82) is 0 Å². The van der Waals surface area contributed by atoms with Crippen LogP contribution in [0.4, 0.5) is 0 Å². The number of Topliss-reactive ketones (excluding diaryl/α,β-unsaturated/α-hetero) is 1. The zero-order valence-electron chi connectivity index (χ0n) is 22.2. The van der Waals surface area contributed by atoms with E-state index >= 15 is 0 Å². The monoisotopic (exact) mass is 505 g/mol. The molecule has 200 valence electrons. The summed E-state index contributed by atoms with van der Waals surface area (Å²) in [6, 6.07) is 0. The lowest BCUT2D eigenvalue weighted by Crippen LogP contribution is -2.45. The fourth-order valence-corrected chi connectivity index (χ4v) is 4.66. The van der Waals surface area contributed by atoms with E-state index in [-0.39, 0.29) is 30.3 Å². The van der Waals surface area contributed by atoms with Crippen molar-refractivity contribution in [3.05, 3.63) is 29.7 Å². The lowest BCUT2D eigenvalue weighted by molar-refractivity contribution is -0.154. The van der Waals surface area contributed by atoms with Gasteiger partial charge in [-0.2, -0.15) is 4.98 Å². The van der Waals surface area contributed by atoms with Gasteiger partial charge in [-0.3, -0.25) is 9.59 Å². The second-order valence-electron chi connectivity index (χ2n) is 10.8. The molecule has 2 unspecified atom stereocenters. The van der Waals surface area contributed by atoms with E-state index in [9.17, 15) is 19.8 Å². The van der Waals surface area contributed by atoms with Crippen molar-refractivity contribution >= 4 is 17.8 Å². The fraction of sp³-hybridized carbons (Fsp3) is 0.667. The maximum atomic E-state index is 13.2. The molecule has 0 aliphatic carbocycles. The van der Waals surface area contributed by atoms with Crippen molar-refractivity contribution in [3.8, 4) is 6.08 Å². The Hall–Kier alpha value is -2.49. The molecule has 0 radical (unpaired) electrons. The molecule has 0 bridgehead atoms. The van der Waals surface area contributed by atoms with Gasteiger partial charge in [-0.1, -0.05) is 39.8 Å². The smallest absolute Gasteiger partial charge is 0.393 e. The molecule has 0 saturated carbocycles. The van der Waals surface area contributed by atoms with Gasteiger partial charge in [-0.05, 0) is 31.9 Å². The Kier molecular flexibility index (Phi) is 8.48. The van der Waals surface area contributed by atoms with E-state index in [2.05, 4.69) is 4.98 Å². The summed E-state index contributed by atoms with van der Waals surface area (Å²) in [5.74, 6) is -1.94. The second-order valence-corrected chi connectivity index (χ2v) is 10.8. The molecule has 36 heavy (non-hydrogen) atoms. The van der Waals surface area contributed by atoms with Crippen LogP contribution < -0.4 is 4.74 Å². The molecule has 2 aliphatic rings. The van der Waals surface area contributed by atoms with Crippen LogP contribution in [0.25, 0.3) is 6.08 Å². The number of ether oxygens (including phenoxy) is 3. The van der Waals surface area contributed by atoms with E-state index in [4.69, 9.17) is 18.6 Å². The Morgan fingerprint density at radius 3 is 2.56 bits per heavy atom. The van der Waals surface area contributed by atoms with Gasteiger partial charge in [0, 0.05) is 18.3 Å². The van der Waals surface area contributed by atoms with Gasteiger partial charge in [0.15, 0.2) is 0 Å². The van der Waals surface area contributed by atoms with Gasteiger partial charge < -0.3 is 28.8 Å². The van der Waals surface area contributed by atoms with Gasteiger partial charge in [0.2, 0.25) is 0 Å². The summed E-state index contributed by atoms with van der Waals surface area (Å²) >= 11 is 0. The highest BCUT2D eigenvalue weighted by atomic mass is 16.6.